The zero-order valence-corrected chi connectivity index (χ0v) is 11.2. The Labute approximate surface area is 109 Å². The molecule has 1 rings (SSSR count). The minimum absolute atomic E-state index is 0.582. The first-order valence-electron chi connectivity index (χ1n) is 6.09. The number of guanidine groups is 1. The average molecular weight is 244 g/mol. The normalized spacial score (nSPS) is 11.2. The molecule has 0 fully saturated rings. The molecule has 0 amide bonds. The molecule has 4 heteroatoms. The van der Waals surface area contributed by atoms with E-state index in [-0.39, 0.29) is 0 Å². The Balaban J connectivity index is 2.45. The SMILES string of the molecule is CN=C(NCc1ccc(C#N)cc1)NCC(C)C. The second kappa shape index (κ2) is 7.33. The van der Waals surface area contributed by atoms with Gasteiger partial charge in [-0.2, -0.15) is 5.26 Å². The van der Waals surface area contributed by atoms with Gasteiger partial charge in [-0.1, -0.05) is 26.0 Å². The van der Waals surface area contributed by atoms with Crippen LogP contribution in [0.1, 0.15) is 25.0 Å². The molecular formula is C14H20N4. The van der Waals surface area contributed by atoms with Crippen molar-refractivity contribution in [1.82, 2.24) is 10.6 Å². The van der Waals surface area contributed by atoms with Crippen LogP contribution in [0.2, 0.25) is 0 Å². The molecule has 0 bridgehead atoms. The molecule has 0 radical (unpaired) electrons. The van der Waals surface area contributed by atoms with Gasteiger partial charge in [0.15, 0.2) is 5.96 Å². The smallest absolute Gasteiger partial charge is 0.191 e. The Morgan fingerprint density at radius 3 is 2.44 bits per heavy atom. The maximum Gasteiger partial charge on any atom is 0.191 e. The summed E-state index contributed by atoms with van der Waals surface area (Å²) in [6, 6.07) is 9.64. The van der Waals surface area contributed by atoms with Crippen LogP contribution in [0.3, 0.4) is 0 Å². The fraction of sp³-hybridized carbons (Fsp3) is 0.429. The summed E-state index contributed by atoms with van der Waals surface area (Å²) < 4.78 is 0. The van der Waals surface area contributed by atoms with Crippen LogP contribution in [0.4, 0.5) is 0 Å². The number of hydrogen-bond donors (Lipinski definition) is 2. The summed E-state index contributed by atoms with van der Waals surface area (Å²) in [6.45, 7) is 5.90. The summed E-state index contributed by atoms with van der Waals surface area (Å²) in [6.07, 6.45) is 0. The van der Waals surface area contributed by atoms with Crippen LogP contribution in [0.5, 0.6) is 0 Å². The van der Waals surface area contributed by atoms with Crippen molar-refractivity contribution in [3.63, 3.8) is 0 Å². The Hall–Kier alpha value is -2.02. The van der Waals surface area contributed by atoms with Gasteiger partial charge in [0.2, 0.25) is 0 Å². The monoisotopic (exact) mass is 244 g/mol. The number of rotatable bonds is 4. The van der Waals surface area contributed by atoms with Crippen molar-refractivity contribution >= 4 is 5.96 Å². The van der Waals surface area contributed by atoms with Gasteiger partial charge < -0.3 is 10.6 Å². The maximum atomic E-state index is 8.71. The van der Waals surface area contributed by atoms with Crippen molar-refractivity contribution in [1.29, 1.82) is 5.26 Å². The van der Waals surface area contributed by atoms with Crippen LogP contribution in [-0.4, -0.2) is 19.6 Å². The first kappa shape index (κ1) is 14.0. The summed E-state index contributed by atoms with van der Waals surface area (Å²) >= 11 is 0. The quantitative estimate of drug-likeness (QED) is 0.628. The van der Waals surface area contributed by atoms with E-state index in [4.69, 9.17) is 5.26 Å². The zero-order chi connectivity index (χ0) is 13.4. The fourth-order valence-electron chi connectivity index (χ4n) is 1.40. The van der Waals surface area contributed by atoms with Crippen LogP contribution in [0, 0.1) is 17.2 Å². The molecule has 0 aliphatic heterocycles. The highest BCUT2D eigenvalue weighted by Crippen LogP contribution is 2.02. The third-order valence-corrected chi connectivity index (χ3v) is 2.44. The van der Waals surface area contributed by atoms with Gasteiger partial charge in [-0.3, -0.25) is 4.99 Å². The molecule has 18 heavy (non-hydrogen) atoms. The highest BCUT2D eigenvalue weighted by Gasteiger charge is 1.99. The van der Waals surface area contributed by atoms with E-state index in [0.29, 0.717) is 18.0 Å². The molecule has 0 saturated heterocycles. The van der Waals surface area contributed by atoms with E-state index in [2.05, 4.69) is 35.5 Å². The van der Waals surface area contributed by atoms with Gasteiger partial charge in [0.05, 0.1) is 11.6 Å². The first-order valence-corrected chi connectivity index (χ1v) is 6.09. The molecule has 1 aromatic carbocycles. The molecule has 0 saturated carbocycles. The van der Waals surface area contributed by atoms with E-state index >= 15 is 0 Å². The van der Waals surface area contributed by atoms with Gasteiger partial charge in [0.1, 0.15) is 0 Å². The Morgan fingerprint density at radius 2 is 1.94 bits per heavy atom. The number of benzene rings is 1. The Kier molecular flexibility index (Phi) is 5.72. The van der Waals surface area contributed by atoms with E-state index in [1.165, 1.54) is 0 Å². The highest BCUT2D eigenvalue weighted by molar-refractivity contribution is 5.79. The van der Waals surface area contributed by atoms with Gasteiger partial charge in [0, 0.05) is 20.1 Å². The van der Waals surface area contributed by atoms with Gasteiger partial charge >= 0.3 is 0 Å². The lowest BCUT2D eigenvalue weighted by atomic mass is 10.1. The second-order valence-electron chi connectivity index (χ2n) is 4.51. The van der Waals surface area contributed by atoms with E-state index in [9.17, 15) is 0 Å². The van der Waals surface area contributed by atoms with E-state index in [1.807, 2.05) is 24.3 Å². The number of aliphatic imine (C=N–C) groups is 1. The highest BCUT2D eigenvalue weighted by atomic mass is 15.2. The molecule has 4 nitrogen and oxygen atoms in total. The Morgan fingerprint density at radius 1 is 1.28 bits per heavy atom. The van der Waals surface area contributed by atoms with Crippen molar-refractivity contribution in [2.75, 3.05) is 13.6 Å². The molecule has 0 aliphatic carbocycles. The van der Waals surface area contributed by atoms with Crippen molar-refractivity contribution < 1.29 is 0 Å². The molecule has 0 atom stereocenters. The molecule has 0 heterocycles. The van der Waals surface area contributed by atoms with Gasteiger partial charge in [-0.05, 0) is 23.6 Å². The lowest BCUT2D eigenvalue weighted by Crippen LogP contribution is -2.38. The van der Waals surface area contributed by atoms with Crippen molar-refractivity contribution in [2.24, 2.45) is 10.9 Å². The van der Waals surface area contributed by atoms with E-state index in [1.54, 1.807) is 7.05 Å². The maximum absolute atomic E-state index is 8.71. The number of nitrogens with zero attached hydrogens (tertiary/aromatic N) is 2. The molecule has 0 aliphatic rings. The molecule has 0 unspecified atom stereocenters. The molecule has 0 spiro atoms. The predicted molar refractivity (Wildman–Crippen MR) is 74.2 cm³/mol. The third kappa shape index (κ3) is 4.88. The van der Waals surface area contributed by atoms with E-state index in [0.717, 1.165) is 18.1 Å². The molecule has 0 aromatic heterocycles. The summed E-state index contributed by atoms with van der Waals surface area (Å²) in [4.78, 5) is 4.15. The van der Waals surface area contributed by atoms with Crippen LogP contribution < -0.4 is 10.6 Å². The number of nitrogens with one attached hydrogen (secondary N) is 2. The minimum atomic E-state index is 0.582. The molecule has 96 valence electrons. The average Bonchev–Trinajstić information content (AvgIpc) is 2.39. The fourth-order valence-corrected chi connectivity index (χ4v) is 1.40. The first-order chi connectivity index (χ1) is 8.65. The van der Waals surface area contributed by atoms with Crippen molar-refractivity contribution in [3.8, 4) is 6.07 Å². The predicted octanol–water partition coefficient (Wildman–Crippen LogP) is 1.88. The van der Waals surface area contributed by atoms with Crippen molar-refractivity contribution in [3.05, 3.63) is 35.4 Å². The lowest BCUT2D eigenvalue weighted by molar-refractivity contribution is 0.614. The molecule has 1 aromatic rings. The number of nitriles is 1. The minimum Gasteiger partial charge on any atom is -0.356 e. The van der Waals surface area contributed by atoms with Gasteiger partial charge in [0.25, 0.3) is 0 Å². The summed E-state index contributed by atoms with van der Waals surface area (Å²) in [5.41, 5.74) is 1.81. The largest absolute Gasteiger partial charge is 0.356 e. The van der Waals surface area contributed by atoms with Crippen LogP contribution in [-0.2, 0) is 6.54 Å². The summed E-state index contributed by atoms with van der Waals surface area (Å²) in [5, 5.41) is 15.2. The third-order valence-electron chi connectivity index (χ3n) is 2.44. The second-order valence-corrected chi connectivity index (χ2v) is 4.51. The van der Waals surface area contributed by atoms with Gasteiger partial charge in [-0.25, -0.2) is 0 Å². The Bertz CT molecular complexity index is 426. The van der Waals surface area contributed by atoms with Crippen LogP contribution in [0.25, 0.3) is 0 Å². The lowest BCUT2D eigenvalue weighted by Gasteiger charge is -2.13. The standard InChI is InChI=1S/C14H20N4/c1-11(2)9-17-14(16-3)18-10-13-6-4-12(8-15)5-7-13/h4-7,11H,9-10H2,1-3H3,(H2,16,17,18). The topological polar surface area (TPSA) is 60.2 Å². The molecular weight excluding hydrogens is 224 g/mol. The van der Waals surface area contributed by atoms with E-state index < -0.39 is 0 Å². The van der Waals surface area contributed by atoms with Crippen LogP contribution in [0.15, 0.2) is 29.3 Å². The summed E-state index contributed by atoms with van der Waals surface area (Å²) in [5.74, 6) is 1.38. The van der Waals surface area contributed by atoms with Crippen molar-refractivity contribution in [2.45, 2.75) is 20.4 Å². The van der Waals surface area contributed by atoms with Gasteiger partial charge in [-0.15, -0.1) is 0 Å². The summed E-state index contributed by atoms with van der Waals surface area (Å²) in [7, 11) is 1.76. The number of hydrogen-bond acceptors (Lipinski definition) is 2. The van der Waals surface area contributed by atoms with Crippen LogP contribution >= 0.6 is 0 Å². The molecule has 2 N–H and O–H groups in total. The zero-order valence-electron chi connectivity index (χ0n) is 11.2.